The molecule has 0 aliphatic rings. The van der Waals surface area contributed by atoms with E-state index in [1.807, 2.05) is 20.1 Å². The van der Waals surface area contributed by atoms with Crippen LogP contribution in [0.2, 0.25) is 0 Å². The summed E-state index contributed by atoms with van der Waals surface area (Å²) in [6, 6.07) is 1.78. The number of halogens is 1. The highest BCUT2D eigenvalue weighted by molar-refractivity contribution is 9.11. The van der Waals surface area contributed by atoms with Gasteiger partial charge in [-0.25, -0.2) is 8.42 Å². The van der Waals surface area contributed by atoms with Gasteiger partial charge in [0.2, 0.25) is 0 Å². The van der Waals surface area contributed by atoms with Crippen molar-refractivity contribution < 1.29 is 8.42 Å². The SMILES string of the molecule is CCC(CSC)N(C)S(=O)(=O)c1cc(C)c(Br)s1. The predicted molar refractivity (Wildman–Crippen MR) is 84.2 cm³/mol. The number of hydrogen-bond acceptors (Lipinski definition) is 4. The highest BCUT2D eigenvalue weighted by atomic mass is 79.9. The second-order valence-corrected chi connectivity index (χ2v) is 9.57. The molecule has 7 heteroatoms. The van der Waals surface area contributed by atoms with Crippen LogP contribution in [0.3, 0.4) is 0 Å². The molecule has 0 bridgehead atoms. The highest BCUT2D eigenvalue weighted by Gasteiger charge is 2.28. The lowest BCUT2D eigenvalue weighted by Gasteiger charge is -2.25. The Morgan fingerprint density at radius 1 is 1.56 bits per heavy atom. The van der Waals surface area contributed by atoms with Crippen LogP contribution >= 0.6 is 39.0 Å². The Bertz CT molecular complexity index is 479. The van der Waals surface area contributed by atoms with Crippen molar-refractivity contribution in [1.82, 2.24) is 4.31 Å². The average molecular weight is 372 g/mol. The van der Waals surface area contributed by atoms with Gasteiger partial charge in [0.05, 0.1) is 3.79 Å². The smallest absolute Gasteiger partial charge is 0.206 e. The molecule has 1 unspecified atom stereocenters. The Morgan fingerprint density at radius 3 is 2.56 bits per heavy atom. The third kappa shape index (κ3) is 3.50. The standard InChI is InChI=1S/C11H18BrNO2S3/c1-5-9(7-16-4)13(3)18(14,15)10-6-8(2)11(12)17-10/h6,9H,5,7H2,1-4H3. The zero-order valence-electron chi connectivity index (χ0n) is 10.9. The molecule has 1 rings (SSSR count). The second-order valence-electron chi connectivity index (χ2n) is 4.06. The monoisotopic (exact) mass is 371 g/mol. The Kier molecular flexibility index (Phi) is 6.18. The van der Waals surface area contributed by atoms with Crippen molar-refractivity contribution in [3.63, 3.8) is 0 Å². The summed E-state index contributed by atoms with van der Waals surface area (Å²) < 4.78 is 27.8. The number of thioether (sulfide) groups is 1. The molecule has 0 N–H and O–H groups in total. The maximum atomic E-state index is 12.5. The van der Waals surface area contributed by atoms with Gasteiger partial charge < -0.3 is 0 Å². The Balaban J connectivity index is 3.05. The Morgan fingerprint density at radius 2 is 2.17 bits per heavy atom. The lowest BCUT2D eigenvalue weighted by atomic mass is 10.3. The zero-order chi connectivity index (χ0) is 13.9. The first-order valence-electron chi connectivity index (χ1n) is 5.57. The van der Waals surface area contributed by atoms with Crippen molar-refractivity contribution in [3.8, 4) is 0 Å². The normalized spacial score (nSPS) is 14.1. The first-order chi connectivity index (χ1) is 8.34. The van der Waals surface area contributed by atoms with Crippen molar-refractivity contribution in [2.45, 2.75) is 30.5 Å². The molecule has 0 aliphatic heterocycles. The van der Waals surface area contributed by atoms with Gasteiger partial charge in [0.1, 0.15) is 4.21 Å². The van der Waals surface area contributed by atoms with Crippen molar-refractivity contribution in [3.05, 3.63) is 15.4 Å². The van der Waals surface area contributed by atoms with Crippen LogP contribution < -0.4 is 0 Å². The minimum Gasteiger partial charge on any atom is -0.206 e. The second kappa shape index (κ2) is 6.74. The summed E-state index contributed by atoms with van der Waals surface area (Å²) in [5, 5.41) is 0. The molecule has 0 aliphatic carbocycles. The Hall–Kier alpha value is 0.440. The van der Waals surface area contributed by atoms with E-state index in [1.54, 1.807) is 24.9 Å². The van der Waals surface area contributed by atoms with E-state index in [9.17, 15) is 8.42 Å². The number of thiophene rings is 1. The van der Waals surface area contributed by atoms with Crippen molar-refractivity contribution in [2.75, 3.05) is 19.1 Å². The summed E-state index contributed by atoms with van der Waals surface area (Å²) in [5.74, 6) is 0.817. The molecule has 1 aromatic rings. The first-order valence-corrected chi connectivity index (χ1v) is 10.0. The first kappa shape index (κ1) is 16.5. The number of hydrogen-bond donors (Lipinski definition) is 0. The van der Waals surface area contributed by atoms with Crippen LogP contribution in [0.4, 0.5) is 0 Å². The van der Waals surface area contributed by atoms with Crippen molar-refractivity contribution in [2.24, 2.45) is 0 Å². The highest BCUT2D eigenvalue weighted by Crippen LogP contribution is 2.32. The summed E-state index contributed by atoms with van der Waals surface area (Å²) in [6.45, 7) is 3.92. The number of nitrogens with zero attached hydrogens (tertiary/aromatic N) is 1. The molecule has 0 saturated carbocycles. The maximum absolute atomic E-state index is 12.5. The van der Waals surface area contributed by atoms with E-state index in [2.05, 4.69) is 15.9 Å². The van der Waals surface area contributed by atoms with Gasteiger partial charge in [-0.05, 0) is 47.2 Å². The molecular weight excluding hydrogens is 354 g/mol. The fourth-order valence-corrected chi connectivity index (χ4v) is 6.35. The largest absolute Gasteiger partial charge is 0.252 e. The molecule has 0 aromatic carbocycles. The number of sulfonamides is 1. The molecule has 0 amide bonds. The van der Waals surface area contributed by atoms with Gasteiger partial charge >= 0.3 is 0 Å². The lowest BCUT2D eigenvalue weighted by Crippen LogP contribution is -2.37. The summed E-state index contributed by atoms with van der Waals surface area (Å²) in [4.78, 5) is 0. The summed E-state index contributed by atoms with van der Waals surface area (Å²) in [6.07, 6.45) is 2.82. The molecule has 0 saturated heterocycles. The zero-order valence-corrected chi connectivity index (χ0v) is 15.0. The van der Waals surface area contributed by atoms with Gasteiger partial charge in [-0.1, -0.05) is 6.92 Å². The van der Waals surface area contributed by atoms with E-state index in [0.717, 1.165) is 21.5 Å². The van der Waals surface area contributed by atoms with Gasteiger partial charge in [0.25, 0.3) is 10.0 Å². The summed E-state index contributed by atoms with van der Waals surface area (Å²) in [5.41, 5.74) is 0.963. The Labute approximate surface area is 126 Å². The van der Waals surface area contributed by atoms with Gasteiger partial charge in [-0.3, -0.25) is 0 Å². The van der Waals surface area contributed by atoms with Crippen LogP contribution in [0, 0.1) is 6.92 Å². The van der Waals surface area contributed by atoms with Gasteiger partial charge in [0.15, 0.2) is 0 Å². The average Bonchev–Trinajstić information content (AvgIpc) is 2.66. The van der Waals surface area contributed by atoms with Crippen LogP contribution in [0.15, 0.2) is 14.1 Å². The van der Waals surface area contributed by atoms with E-state index in [4.69, 9.17) is 0 Å². The minimum atomic E-state index is -3.37. The van der Waals surface area contributed by atoms with Crippen LogP contribution in [-0.2, 0) is 10.0 Å². The maximum Gasteiger partial charge on any atom is 0.252 e. The van der Waals surface area contributed by atoms with Crippen molar-refractivity contribution >= 4 is 49.1 Å². The van der Waals surface area contributed by atoms with E-state index in [0.29, 0.717) is 4.21 Å². The summed E-state index contributed by atoms with van der Waals surface area (Å²) >= 11 is 6.32. The van der Waals surface area contributed by atoms with Gasteiger partial charge in [-0.15, -0.1) is 11.3 Å². The van der Waals surface area contributed by atoms with Gasteiger partial charge in [0, 0.05) is 18.8 Å². The third-order valence-corrected chi connectivity index (χ3v) is 8.03. The quantitative estimate of drug-likeness (QED) is 0.766. The third-order valence-electron chi connectivity index (χ3n) is 2.81. The van der Waals surface area contributed by atoms with Crippen LogP contribution in [0.25, 0.3) is 0 Å². The van der Waals surface area contributed by atoms with Crippen LogP contribution in [-0.4, -0.2) is 37.8 Å². The topological polar surface area (TPSA) is 37.4 Å². The molecule has 104 valence electrons. The van der Waals surface area contributed by atoms with Crippen LogP contribution in [0.5, 0.6) is 0 Å². The molecule has 0 spiro atoms. The molecular formula is C11H18BrNO2S3. The van der Waals surface area contributed by atoms with Gasteiger partial charge in [-0.2, -0.15) is 16.1 Å². The molecule has 1 heterocycles. The summed E-state index contributed by atoms with van der Waals surface area (Å²) in [7, 11) is -1.70. The van der Waals surface area contributed by atoms with E-state index < -0.39 is 10.0 Å². The van der Waals surface area contributed by atoms with Crippen LogP contribution in [0.1, 0.15) is 18.9 Å². The van der Waals surface area contributed by atoms with Crippen molar-refractivity contribution in [1.29, 1.82) is 0 Å². The van der Waals surface area contributed by atoms with E-state index in [-0.39, 0.29) is 6.04 Å². The molecule has 3 nitrogen and oxygen atoms in total. The molecule has 1 atom stereocenters. The fourth-order valence-electron chi connectivity index (χ4n) is 1.57. The molecule has 0 radical (unpaired) electrons. The fraction of sp³-hybridized carbons (Fsp3) is 0.636. The van der Waals surface area contributed by atoms with E-state index >= 15 is 0 Å². The molecule has 18 heavy (non-hydrogen) atoms. The molecule has 0 fully saturated rings. The number of aryl methyl sites for hydroxylation is 1. The molecule has 1 aromatic heterocycles. The number of rotatable bonds is 6. The van der Waals surface area contributed by atoms with E-state index in [1.165, 1.54) is 15.6 Å². The minimum absolute atomic E-state index is 0.0474. The predicted octanol–water partition coefficient (Wildman–Crippen LogP) is 3.58. The lowest BCUT2D eigenvalue weighted by molar-refractivity contribution is 0.386.